The zero-order chi connectivity index (χ0) is 38.6. The fraction of sp³-hybridized carbons (Fsp3) is 0.349. The maximum atomic E-state index is 15.1. The standard InChI is InChI=1S/C43H45ClN4O6Si/c1-27-41(55(2,3)53)38(23-40(51)46-25-31-14-8-7-13-30(31)21-34(46)26-49)54-43(27)35-22-32(44)16-18-37(35)47(42(43)52)24-28-10-9-15-33(20-28)48-39(50)19-17-36(45-48)29-11-5-4-6-12-29/h4-16,18,20,22,27,34,38,41,49,53H,17,19,21,23-26H2,1-3H3/t27-,34+,38+,41-,43+/m1/s1. The third kappa shape index (κ3) is 6.61. The van der Waals surface area contributed by atoms with Gasteiger partial charge in [-0.25, -0.2) is 5.01 Å². The fourth-order valence-electron chi connectivity index (χ4n) is 9.30. The first-order chi connectivity index (χ1) is 26.4. The first kappa shape index (κ1) is 37.3. The van der Waals surface area contributed by atoms with E-state index in [2.05, 4.69) is 0 Å². The monoisotopic (exact) mass is 776 g/mol. The van der Waals surface area contributed by atoms with Gasteiger partial charge in [0, 0.05) is 41.4 Å². The molecule has 284 valence electrons. The van der Waals surface area contributed by atoms with E-state index in [0.29, 0.717) is 47.8 Å². The Bertz CT molecular complexity index is 2190. The lowest BCUT2D eigenvalue weighted by Crippen LogP contribution is -2.48. The van der Waals surface area contributed by atoms with Crippen molar-refractivity contribution in [3.63, 3.8) is 0 Å². The van der Waals surface area contributed by atoms with E-state index in [4.69, 9.17) is 21.4 Å². The number of hydrogen-bond donors (Lipinski definition) is 2. The van der Waals surface area contributed by atoms with Crippen LogP contribution in [0.1, 0.15) is 54.0 Å². The molecule has 12 heteroatoms. The summed E-state index contributed by atoms with van der Waals surface area (Å²) in [6.45, 7) is 5.96. The van der Waals surface area contributed by atoms with E-state index in [1.54, 1.807) is 21.9 Å². The Kier molecular flexibility index (Phi) is 9.79. The molecule has 4 heterocycles. The summed E-state index contributed by atoms with van der Waals surface area (Å²) >= 11 is 6.63. The molecular weight excluding hydrogens is 732 g/mol. The summed E-state index contributed by atoms with van der Waals surface area (Å²) in [4.78, 5) is 57.6. The Hall–Kier alpha value is -4.65. The number of aliphatic hydroxyl groups excluding tert-OH is 1. The average Bonchev–Trinajstić information content (AvgIpc) is 3.60. The number of nitrogens with zero attached hydrogens (tertiary/aromatic N) is 4. The quantitative estimate of drug-likeness (QED) is 0.196. The van der Waals surface area contributed by atoms with Crippen molar-refractivity contribution in [1.82, 2.24) is 4.90 Å². The lowest BCUT2D eigenvalue weighted by molar-refractivity contribution is -0.151. The van der Waals surface area contributed by atoms with Crippen molar-refractivity contribution in [2.45, 2.75) is 82.1 Å². The van der Waals surface area contributed by atoms with Gasteiger partial charge in [0.15, 0.2) is 13.9 Å². The van der Waals surface area contributed by atoms with Crippen molar-refractivity contribution in [2.75, 3.05) is 16.5 Å². The summed E-state index contributed by atoms with van der Waals surface area (Å²) in [5.41, 5.74) is 4.61. The fourth-order valence-corrected chi connectivity index (χ4v) is 12.0. The van der Waals surface area contributed by atoms with Crippen molar-refractivity contribution in [3.05, 3.63) is 130 Å². The molecule has 1 fully saturated rings. The van der Waals surface area contributed by atoms with Gasteiger partial charge >= 0.3 is 0 Å². The van der Waals surface area contributed by atoms with Crippen LogP contribution in [0.25, 0.3) is 0 Å². The van der Waals surface area contributed by atoms with E-state index in [9.17, 15) is 19.5 Å². The highest BCUT2D eigenvalue weighted by atomic mass is 35.5. The van der Waals surface area contributed by atoms with E-state index in [-0.39, 0.29) is 43.3 Å². The second-order valence-corrected chi connectivity index (χ2v) is 20.1. The van der Waals surface area contributed by atoms with Gasteiger partial charge in [-0.3, -0.25) is 14.4 Å². The topological polar surface area (TPSA) is 123 Å². The number of carbonyl (C=O) groups is 3. The number of amides is 3. The van der Waals surface area contributed by atoms with Crippen molar-refractivity contribution in [3.8, 4) is 0 Å². The highest BCUT2D eigenvalue weighted by Gasteiger charge is 2.66. The molecule has 5 atom stereocenters. The second-order valence-electron chi connectivity index (χ2n) is 15.7. The first-order valence-corrected chi connectivity index (χ1v) is 22.3. The van der Waals surface area contributed by atoms with Crippen LogP contribution in [0.5, 0.6) is 0 Å². The molecule has 0 aromatic heterocycles. The Labute approximate surface area is 327 Å². The van der Waals surface area contributed by atoms with Crippen molar-refractivity contribution in [2.24, 2.45) is 11.0 Å². The molecule has 8 rings (SSSR count). The van der Waals surface area contributed by atoms with Gasteiger partial charge in [-0.15, -0.1) is 0 Å². The van der Waals surface area contributed by atoms with Crippen LogP contribution in [-0.4, -0.2) is 65.3 Å². The lowest BCUT2D eigenvalue weighted by atomic mass is 9.82. The molecule has 0 aliphatic carbocycles. The van der Waals surface area contributed by atoms with Crippen molar-refractivity contribution in [1.29, 1.82) is 0 Å². The van der Waals surface area contributed by atoms with E-state index in [1.807, 2.05) is 105 Å². The number of rotatable bonds is 8. The van der Waals surface area contributed by atoms with Crippen LogP contribution in [0.4, 0.5) is 11.4 Å². The number of benzene rings is 4. The van der Waals surface area contributed by atoms with Crippen LogP contribution < -0.4 is 9.91 Å². The number of hydrogen-bond acceptors (Lipinski definition) is 7. The van der Waals surface area contributed by atoms with Crippen LogP contribution in [0.3, 0.4) is 0 Å². The Morgan fingerprint density at radius 1 is 0.964 bits per heavy atom. The van der Waals surface area contributed by atoms with E-state index >= 15 is 4.79 Å². The molecule has 0 unspecified atom stereocenters. The summed E-state index contributed by atoms with van der Waals surface area (Å²) in [5.74, 6) is -1.09. The number of halogens is 1. The third-order valence-electron chi connectivity index (χ3n) is 11.8. The van der Waals surface area contributed by atoms with Gasteiger partial charge in [0.1, 0.15) is 0 Å². The number of carbonyl (C=O) groups excluding carboxylic acids is 3. The summed E-state index contributed by atoms with van der Waals surface area (Å²) in [6, 6.07) is 30.2. The minimum atomic E-state index is -3.07. The largest absolute Gasteiger partial charge is 0.432 e. The van der Waals surface area contributed by atoms with Crippen molar-refractivity contribution < 1.29 is 29.0 Å². The SMILES string of the molecule is C[C@@H]1[C@@H]([Si](C)(C)O)[C@H](CC(=O)N2Cc3ccccc3C[C@H]2CO)O[C@@]12C(=O)N(Cc1cccc(N3N=C(c4ccccc4)CCC3=O)c1)c1ccc(Cl)cc12. The predicted octanol–water partition coefficient (Wildman–Crippen LogP) is 6.55. The van der Waals surface area contributed by atoms with Gasteiger partial charge in [0.2, 0.25) is 11.8 Å². The molecule has 4 aliphatic heterocycles. The minimum absolute atomic E-state index is 0.0486. The number of aliphatic hydroxyl groups is 1. The highest BCUT2D eigenvalue weighted by Crippen LogP contribution is 2.60. The highest BCUT2D eigenvalue weighted by molar-refractivity contribution is 6.71. The third-order valence-corrected chi connectivity index (χ3v) is 14.6. The minimum Gasteiger partial charge on any atom is -0.432 e. The molecule has 0 bridgehead atoms. The van der Waals surface area contributed by atoms with E-state index in [0.717, 1.165) is 28.0 Å². The summed E-state index contributed by atoms with van der Waals surface area (Å²) in [6.07, 6.45) is 0.617. The zero-order valence-electron chi connectivity index (χ0n) is 31.2. The molecule has 0 saturated carbocycles. The predicted molar refractivity (Wildman–Crippen MR) is 214 cm³/mol. The molecule has 4 aromatic rings. The van der Waals surface area contributed by atoms with Crippen molar-refractivity contribution >= 4 is 54.7 Å². The Morgan fingerprint density at radius 3 is 2.45 bits per heavy atom. The molecule has 0 radical (unpaired) electrons. The van der Waals surface area contributed by atoms with Gasteiger partial charge in [0.25, 0.3) is 5.91 Å². The van der Waals surface area contributed by atoms with Crippen LogP contribution in [0.2, 0.25) is 23.7 Å². The first-order valence-electron chi connectivity index (χ1n) is 18.9. The summed E-state index contributed by atoms with van der Waals surface area (Å²) in [7, 11) is -3.07. The lowest BCUT2D eigenvalue weighted by Gasteiger charge is -2.37. The molecular formula is C43H45ClN4O6Si. The smallest absolute Gasteiger partial charge is 0.264 e. The molecule has 4 aromatic carbocycles. The number of hydrazone groups is 1. The second kappa shape index (κ2) is 14.4. The van der Waals surface area contributed by atoms with E-state index < -0.39 is 31.5 Å². The molecule has 2 N–H and O–H groups in total. The van der Waals surface area contributed by atoms with Gasteiger partial charge < -0.3 is 24.4 Å². The maximum Gasteiger partial charge on any atom is 0.264 e. The summed E-state index contributed by atoms with van der Waals surface area (Å²) in [5, 5.41) is 17.0. The van der Waals surface area contributed by atoms with E-state index in [1.165, 1.54) is 5.01 Å². The Morgan fingerprint density at radius 2 is 1.71 bits per heavy atom. The van der Waals surface area contributed by atoms with Gasteiger partial charge in [0.05, 0.1) is 48.8 Å². The van der Waals surface area contributed by atoms with Gasteiger partial charge in [-0.2, -0.15) is 5.10 Å². The van der Waals surface area contributed by atoms with Crippen LogP contribution in [0, 0.1) is 5.92 Å². The van der Waals surface area contributed by atoms with Crippen LogP contribution in [0.15, 0.2) is 102 Å². The zero-order valence-corrected chi connectivity index (χ0v) is 32.9. The van der Waals surface area contributed by atoms with Gasteiger partial charge in [-0.05, 0) is 72.1 Å². The molecule has 10 nitrogen and oxygen atoms in total. The molecule has 3 amide bonds. The van der Waals surface area contributed by atoms with Crippen LogP contribution in [-0.2, 0) is 44.2 Å². The Balaban J connectivity index is 1.10. The normalized spacial score (nSPS) is 25.0. The molecule has 4 aliphatic rings. The molecule has 55 heavy (non-hydrogen) atoms. The summed E-state index contributed by atoms with van der Waals surface area (Å²) < 4.78 is 6.95. The maximum absolute atomic E-state index is 15.1. The number of anilines is 2. The molecule has 1 spiro atoms. The van der Waals surface area contributed by atoms with Gasteiger partial charge in [-0.1, -0.05) is 85.3 Å². The molecule has 1 saturated heterocycles. The average molecular weight is 777 g/mol. The number of fused-ring (bicyclic) bond motifs is 3. The number of ether oxygens (including phenoxy) is 1. The van der Waals surface area contributed by atoms with Crippen LogP contribution >= 0.6 is 11.6 Å².